The second kappa shape index (κ2) is 8.36. The third kappa shape index (κ3) is 4.43. The molecule has 0 aliphatic carbocycles. The molecule has 2 amide bonds. The Morgan fingerprint density at radius 3 is 2.54 bits per heavy atom. The summed E-state index contributed by atoms with van der Waals surface area (Å²) in [5.41, 5.74) is 1.51. The highest BCUT2D eigenvalue weighted by Gasteiger charge is 2.35. The third-order valence-electron chi connectivity index (χ3n) is 4.23. The highest BCUT2D eigenvalue weighted by molar-refractivity contribution is 9.10. The van der Waals surface area contributed by atoms with Gasteiger partial charge in [-0.25, -0.2) is 0 Å². The van der Waals surface area contributed by atoms with Crippen LogP contribution in [0.25, 0.3) is 0 Å². The number of rotatable bonds is 6. The SMILES string of the molecule is CCCOc1ccc(N2C[C@@H](C(=O)Nc3ccc(Br)cc3)CC2=O)cc1. The molecule has 3 rings (SSSR count). The van der Waals surface area contributed by atoms with Crippen LogP contribution in [0.3, 0.4) is 0 Å². The van der Waals surface area contributed by atoms with Crippen molar-refractivity contribution < 1.29 is 14.3 Å². The summed E-state index contributed by atoms with van der Waals surface area (Å²) in [7, 11) is 0. The molecule has 1 atom stereocenters. The van der Waals surface area contributed by atoms with Crippen molar-refractivity contribution in [3.63, 3.8) is 0 Å². The van der Waals surface area contributed by atoms with Gasteiger partial charge in [-0.2, -0.15) is 0 Å². The predicted molar refractivity (Wildman–Crippen MR) is 105 cm³/mol. The summed E-state index contributed by atoms with van der Waals surface area (Å²) in [5, 5.41) is 2.88. The van der Waals surface area contributed by atoms with Crippen LogP contribution in [-0.2, 0) is 9.59 Å². The lowest BCUT2D eigenvalue weighted by molar-refractivity contribution is -0.122. The van der Waals surface area contributed by atoms with Crippen LogP contribution in [0.4, 0.5) is 11.4 Å². The average molecular weight is 417 g/mol. The molecular formula is C20H21BrN2O3. The number of amides is 2. The molecule has 0 unspecified atom stereocenters. The molecular weight excluding hydrogens is 396 g/mol. The van der Waals surface area contributed by atoms with E-state index >= 15 is 0 Å². The second-order valence-electron chi connectivity index (χ2n) is 6.24. The Balaban J connectivity index is 1.62. The quantitative estimate of drug-likeness (QED) is 0.766. The molecule has 5 nitrogen and oxygen atoms in total. The first kappa shape index (κ1) is 18.5. The number of ether oxygens (including phenoxy) is 1. The Labute approximate surface area is 161 Å². The number of benzene rings is 2. The summed E-state index contributed by atoms with van der Waals surface area (Å²) >= 11 is 3.37. The number of hydrogen-bond acceptors (Lipinski definition) is 3. The zero-order valence-corrected chi connectivity index (χ0v) is 16.2. The monoisotopic (exact) mass is 416 g/mol. The van der Waals surface area contributed by atoms with Gasteiger partial charge in [-0.05, 0) is 55.0 Å². The molecule has 0 saturated carbocycles. The molecule has 1 fully saturated rings. The Morgan fingerprint density at radius 2 is 1.88 bits per heavy atom. The second-order valence-corrected chi connectivity index (χ2v) is 7.16. The van der Waals surface area contributed by atoms with Gasteiger partial charge < -0.3 is 15.0 Å². The first-order valence-corrected chi connectivity index (χ1v) is 9.46. The molecule has 6 heteroatoms. The van der Waals surface area contributed by atoms with E-state index in [1.165, 1.54) is 0 Å². The van der Waals surface area contributed by atoms with E-state index in [9.17, 15) is 9.59 Å². The fourth-order valence-electron chi connectivity index (χ4n) is 2.85. The number of hydrogen-bond donors (Lipinski definition) is 1. The molecule has 136 valence electrons. The van der Waals surface area contributed by atoms with Crippen molar-refractivity contribution in [2.24, 2.45) is 5.92 Å². The van der Waals surface area contributed by atoms with Crippen molar-refractivity contribution in [2.75, 3.05) is 23.4 Å². The summed E-state index contributed by atoms with van der Waals surface area (Å²) in [6.07, 6.45) is 1.16. The summed E-state index contributed by atoms with van der Waals surface area (Å²) in [6, 6.07) is 14.8. The standard InChI is InChI=1S/C20H21BrN2O3/c1-2-11-26-18-9-7-17(8-10-18)23-13-14(12-19(23)24)20(25)22-16-5-3-15(21)4-6-16/h3-10,14H,2,11-13H2,1H3,(H,22,25)/t14-/m0/s1. The maximum absolute atomic E-state index is 12.5. The van der Waals surface area contributed by atoms with Crippen LogP contribution in [-0.4, -0.2) is 25.0 Å². The smallest absolute Gasteiger partial charge is 0.229 e. The van der Waals surface area contributed by atoms with E-state index in [-0.39, 0.29) is 24.2 Å². The Morgan fingerprint density at radius 1 is 1.19 bits per heavy atom. The van der Waals surface area contributed by atoms with Crippen molar-refractivity contribution in [1.82, 2.24) is 0 Å². The van der Waals surface area contributed by atoms with Gasteiger partial charge in [0.05, 0.1) is 12.5 Å². The zero-order chi connectivity index (χ0) is 18.5. The van der Waals surface area contributed by atoms with Crippen LogP contribution < -0.4 is 15.0 Å². The van der Waals surface area contributed by atoms with Crippen LogP contribution in [0.1, 0.15) is 19.8 Å². The molecule has 1 aliphatic heterocycles. The molecule has 1 aliphatic rings. The minimum Gasteiger partial charge on any atom is -0.494 e. The lowest BCUT2D eigenvalue weighted by Gasteiger charge is -2.17. The Kier molecular flexibility index (Phi) is 5.93. The minimum absolute atomic E-state index is 0.0387. The average Bonchev–Trinajstić information content (AvgIpc) is 3.04. The molecule has 2 aromatic rings. The van der Waals surface area contributed by atoms with Crippen LogP contribution in [0.5, 0.6) is 5.75 Å². The largest absolute Gasteiger partial charge is 0.494 e. The molecule has 26 heavy (non-hydrogen) atoms. The van der Waals surface area contributed by atoms with E-state index in [1.807, 2.05) is 48.5 Å². The van der Waals surface area contributed by atoms with Gasteiger partial charge in [0.15, 0.2) is 0 Å². The number of carbonyl (C=O) groups is 2. The van der Waals surface area contributed by atoms with Gasteiger partial charge in [0.2, 0.25) is 11.8 Å². The summed E-state index contributed by atoms with van der Waals surface area (Å²) in [5.74, 6) is 0.253. The Bertz CT molecular complexity index is 775. The summed E-state index contributed by atoms with van der Waals surface area (Å²) in [6.45, 7) is 3.10. The van der Waals surface area contributed by atoms with Gasteiger partial charge in [-0.3, -0.25) is 9.59 Å². The van der Waals surface area contributed by atoms with Crippen molar-refractivity contribution in [3.05, 3.63) is 53.0 Å². The maximum atomic E-state index is 12.5. The van der Waals surface area contributed by atoms with Gasteiger partial charge in [0.1, 0.15) is 5.75 Å². The van der Waals surface area contributed by atoms with Crippen molar-refractivity contribution in [3.8, 4) is 5.75 Å². The maximum Gasteiger partial charge on any atom is 0.229 e. The number of carbonyl (C=O) groups excluding carboxylic acids is 2. The summed E-state index contributed by atoms with van der Waals surface area (Å²) < 4.78 is 6.51. The van der Waals surface area contributed by atoms with E-state index in [4.69, 9.17) is 4.74 Å². The molecule has 1 saturated heterocycles. The van der Waals surface area contributed by atoms with E-state index in [2.05, 4.69) is 28.2 Å². The van der Waals surface area contributed by atoms with Crippen LogP contribution in [0.2, 0.25) is 0 Å². The van der Waals surface area contributed by atoms with E-state index in [1.54, 1.807) is 4.90 Å². The van der Waals surface area contributed by atoms with Crippen LogP contribution in [0.15, 0.2) is 53.0 Å². The normalized spacial score (nSPS) is 16.6. The van der Waals surface area contributed by atoms with Crippen molar-refractivity contribution in [1.29, 1.82) is 0 Å². The molecule has 1 N–H and O–H groups in total. The highest BCUT2D eigenvalue weighted by atomic mass is 79.9. The van der Waals surface area contributed by atoms with Gasteiger partial charge in [0.25, 0.3) is 0 Å². The molecule has 0 aromatic heterocycles. The lowest BCUT2D eigenvalue weighted by atomic mass is 10.1. The number of anilines is 2. The zero-order valence-electron chi connectivity index (χ0n) is 14.6. The van der Waals surface area contributed by atoms with E-state index < -0.39 is 0 Å². The molecule has 0 bridgehead atoms. The fourth-order valence-corrected chi connectivity index (χ4v) is 3.12. The van der Waals surface area contributed by atoms with Gasteiger partial charge >= 0.3 is 0 Å². The van der Waals surface area contributed by atoms with E-state index in [0.29, 0.717) is 13.2 Å². The Hall–Kier alpha value is -2.34. The molecule has 2 aromatic carbocycles. The number of halogens is 1. The first-order chi connectivity index (χ1) is 12.6. The topological polar surface area (TPSA) is 58.6 Å². The highest BCUT2D eigenvalue weighted by Crippen LogP contribution is 2.28. The van der Waals surface area contributed by atoms with Gasteiger partial charge in [0, 0.05) is 28.8 Å². The van der Waals surface area contributed by atoms with Gasteiger partial charge in [-0.15, -0.1) is 0 Å². The molecule has 0 spiro atoms. The van der Waals surface area contributed by atoms with Crippen LogP contribution in [0, 0.1) is 5.92 Å². The summed E-state index contributed by atoms with van der Waals surface area (Å²) in [4.78, 5) is 26.5. The molecule has 0 radical (unpaired) electrons. The molecule has 1 heterocycles. The van der Waals surface area contributed by atoms with Crippen molar-refractivity contribution in [2.45, 2.75) is 19.8 Å². The third-order valence-corrected chi connectivity index (χ3v) is 4.76. The van der Waals surface area contributed by atoms with Crippen molar-refractivity contribution >= 4 is 39.1 Å². The predicted octanol–water partition coefficient (Wildman–Crippen LogP) is 4.23. The number of nitrogens with zero attached hydrogens (tertiary/aromatic N) is 1. The first-order valence-electron chi connectivity index (χ1n) is 8.66. The van der Waals surface area contributed by atoms with Crippen LogP contribution >= 0.6 is 15.9 Å². The minimum atomic E-state index is -0.359. The number of nitrogens with one attached hydrogen (secondary N) is 1. The van der Waals surface area contributed by atoms with Gasteiger partial charge in [-0.1, -0.05) is 22.9 Å². The van der Waals surface area contributed by atoms with E-state index in [0.717, 1.165) is 28.0 Å². The lowest BCUT2D eigenvalue weighted by Crippen LogP contribution is -2.28. The fraction of sp³-hybridized carbons (Fsp3) is 0.300.